The van der Waals surface area contributed by atoms with E-state index in [0.29, 0.717) is 0 Å². The quantitative estimate of drug-likeness (QED) is 0.668. The number of hydrogen-bond donors (Lipinski definition) is 0. The molecule has 0 spiro atoms. The Balaban J connectivity index is 1.93. The summed E-state index contributed by atoms with van der Waals surface area (Å²) in [5, 5.41) is 8.81. The van der Waals surface area contributed by atoms with Gasteiger partial charge in [-0.05, 0) is 37.0 Å². The van der Waals surface area contributed by atoms with Crippen molar-refractivity contribution in [1.82, 2.24) is 0 Å². The van der Waals surface area contributed by atoms with Crippen molar-refractivity contribution in [3.63, 3.8) is 0 Å². The van der Waals surface area contributed by atoms with Gasteiger partial charge in [-0.25, -0.2) is 0 Å². The van der Waals surface area contributed by atoms with Gasteiger partial charge in [-0.1, -0.05) is 6.07 Å². The summed E-state index contributed by atoms with van der Waals surface area (Å²) in [5.74, 6) is 0.922. The molecule has 14 heavy (non-hydrogen) atoms. The van der Waals surface area contributed by atoms with Crippen LogP contribution in [0.25, 0.3) is 0 Å². The molecule has 2 aliphatic heterocycles. The van der Waals surface area contributed by atoms with Gasteiger partial charge in [0.25, 0.3) is 0 Å². The molecule has 0 unspecified atom stereocenters. The van der Waals surface area contributed by atoms with Crippen LogP contribution in [-0.2, 0) is 0 Å². The van der Waals surface area contributed by atoms with Crippen LogP contribution in [0.15, 0.2) is 24.3 Å². The van der Waals surface area contributed by atoms with Gasteiger partial charge in [0, 0.05) is 18.3 Å². The number of anilines is 1. The van der Waals surface area contributed by atoms with E-state index in [-0.39, 0.29) is 0 Å². The highest BCUT2D eigenvalue weighted by Crippen LogP contribution is 2.43. The average Bonchev–Trinajstić information content (AvgIpc) is 2.76. The molecule has 0 atom stereocenters. The Labute approximate surface area is 83.8 Å². The monoisotopic (exact) mass is 184 g/mol. The Morgan fingerprint density at radius 3 is 2.86 bits per heavy atom. The zero-order valence-corrected chi connectivity index (χ0v) is 7.98. The molecule has 2 saturated heterocycles. The fraction of sp³-hybridized carbons (Fsp3) is 0.417. The predicted molar refractivity (Wildman–Crippen MR) is 55.0 cm³/mol. The number of hydrogen-bond acceptors (Lipinski definition) is 2. The van der Waals surface area contributed by atoms with Crippen molar-refractivity contribution in [1.29, 1.82) is 5.26 Å². The van der Waals surface area contributed by atoms with Crippen molar-refractivity contribution in [2.24, 2.45) is 5.92 Å². The lowest BCUT2D eigenvalue weighted by Gasteiger charge is -2.27. The molecule has 1 aromatic carbocycles. The molecule has 2 heteroatoms. The highest BCUT2D eigenvalue weighted by Gasteiger charge is 2.42. The van der Waals surface area contributed by atoms with Crippen molar-refractivity contribution in [2.75, 3.05) is 11.4 Å². The van der Waals surface area contributed by atoms with E-state index in [9.17, 15) is 0 Å². The molecular formula is C12H12N2. The third kappa shape index (κ3) is 1.02. The maximum absolute atomic E-state index is 8.81. The van der Waals surface area contributed by atoms with Crippen molar-refractivity contribution < 1.29 is 0 Å². The first-order chi connectivity index (χ1) is 6.86. The van der Waals surface area contributed by atoms with Crippen LogP contribution in [0.3, 0.4) is 0 Å². The van der Waals surface area contributed by atoms with Crippen LogP contribution in [0.1, 0.15) is 18.4 Å². The molecule has 2 heterocycles. The van der Waals surface area contributed by atoms with Gasteiger partial charge in [-0.15, -0.1) is 0 Å². The maximum Gasteiger partial charge on any atom is 0.0992 e. The van der Waals surface area contributed by atoms with E-state index in [2.05, 4.69) is 17.0 Å². The number of rotatable bonds is 1. The van der Waals surface area contributed by atoms with Crippen LogP contribution >= 0.6 is 0 Å². The molecule has 0 radical (unpaired) electrons. The smallest absolute Gasteiger partial charge is 0.0992 e. The Morgan fingerprint density at radius 2 is 2.21 bits per heavy atom. The molecule has 0 amide bonds. The van der Waals surface area contributed by atoms with Crippen LogP contribution in [0.4, 0.5) is 5.69 Å². The third-order valence-electron chi connectivity index (χ3n) is 3.41. The van der Waals surface area contributed by atoms with Crippen LogP contribution in [0.2, 0.25) is 0 Å². The third-order valence-corrected chi connectivity index (χ3v) is 3.41. The van der Waals surface area contributed by atoms with Crippen LogP contribution < -0.4 is 4.90 Å². The van der Waals surface area contributed by atoms with Crippen molar-refractivity contribution in [3.8, 4) is 6.07 Å². The van der Waals surface area contributed by atoms with E-state index < -0.39 is 0 Å². The second-order valence-electron chi connectivity index (χ2n) is 4.31. The molecule has 0 N–H and O–H groups in total. The molecule has 3 fully saturated rings. The van der Waals surface area contributed by atoms with Gasteiger partial charge in [0.15, 0.2) is 0 Å². The molecule has 1 aliphatic carbocycles. The van der Waals surface area contributed by atoms with E-state index in [1.165, 1.54) is 25.1 Å². The molecule has 2 bridgehead atoms. The van der Waals surface area contributed by atoms with Gasteiger partial charge >= 0.3 is 0 Å². The fourth-order valence-electron chi connectivity index (χ4n) is 2.60. The maximum atomic E-state index is 8.81. The minimum atomic E-state index is 0.758. The number of nitriles is 1. The summed E-state index contributed by atoms with van der Waals surface area (Å²) in [7, 11) is 0. The Kier molecular flexibility index (Phi) is 1.55. The number of nitrogens with zero attached hydrogens (tertiary/aromatic N) is 2. The van der Waals surface area contributed by atoms with E-state index >= 15 is 0 Å². The summed E-state index contributed by atoms with van der Waals surface area (Å²) in [6.45, 7) is 1.19. The fourth-order valence-corrected chi connectivity index (χ4v) is 2.60. The lowest BCUT2D eigenvalue weighted by molar-refractivity contribution is 0.381. The average molecular weight is 184 g/mol. The highest BCUT2D eigenvalue weighted by molar-refractivity contribution is 5.54. The summed E-state index contributed by atoms with van der Waals surface area (Å²) < 4.78 is 0. The molecular weight excluding hydrogens is 172 g/mol. The first kappa shape index (κ1) is 7.87. The van der Waals surface area contributed by atoms with E-state index in [1.807, 2.05) is 18.2 Å². The molecule has 2 nitrogen and oxygen atoms in total. The summed E-state index contributed by atoms with van der Waals surface area (Å²) >= 11 is 0. The summed E-state index contributed by atoms with van der Waals surface area (Å²) in [4.78, 5) is 2.45. The Morgan fingerprint density at radius 1 is 1.36 bits per heavy atom. The Hall–Kier alpha value is -1.49. The largest absolute Gasteiger partial charge is 0.368 e. The van der Waals surface area contributed by atoms with Crippen LogP contribution in [-0.4, -0.2) is 12.6 Å². The second kappa shape index (κ2) is 2.75. The van der Waals surface area contributed by atoms with E-state index in [1.54, 1.807) is 0 Å². The van der Waals surface area contributed by atoms with Gasteiger partial charge in [-0.3, -0.25) is 0 Å². The van der Waals surface area contributed by atoms with Crippen molar-refractivity contribution in [2.45, 2.75) is 18.9 Å². The first-order valence-electron chi connectivity index (χ1n) is 5.13. The van der Waals surface area contributed by atoms with Crippen molar-refractivity contribution in [3.05, 3.63) is 29.8 Å². The SMILES string of the molecule is N#Cc1cccc(N2CC3CC2C3)c1. The minimum absolute atomic E-state index is 0.758. The predicted octanol–water partition coefficient (Wildman–Crippen LogP) is 2.16. The van der Waals surface area contributed by atoms with Gasteiger partial charge in [0.1, 0.15) is 0 Å². The Bertz CT molecular complexity index is 399. The molecule has 1 aromatic rings. The lowest BCUT2D eigenvalue weighted by Crippen LogP contribution is -2.28. The zero-order valence-electron chi connectivity index (χ0n) is 7.98. The van der Waals surface area contributed by atoms with Crippen LogP contribution in [0.5, 0.6) is 0 Å². The standard InChI is InChI=1S/C12H12N2/c13-7-9-2-1-3-11(4-9)14-8-10-5-12(14)6-10/h1-4,10,12H,5-6,8H2. The van der Waals surface area contributed by atoms with Gasteiger partial charge in [0.2, 0.25) is 0 Å². The highest BCUT2D eigenvalue weighted by atomic mass is 15.2. The van der Waals surface area contributed by atoms with E-state index in [4.69, 9.17) is 5.26 Å². The summed E-state index contributed by atoms with van der Waals surface area (Å²) in [6, 6.07) is 10.9. The molecule has 70 valence electrons. The second-order valence-corrected chi connectivity index (χ2v) is 4.31. The zero-order chi connectivity index (χ0) is 9.54. The van der Waals surface area contributed by atoms with Crippen molar-refractivity contribution >= 4 is 5.69 Å². The number of fused-ring (bicyclic) bond motifs is 1. The summed E-state index contributed by atoms with van der Waals surface area (Å²) in [6.07, 6.45) is 2.72. The molecule has 4 rings (SSSR count). The summed E-state index contributed by atoms with van der Waals surface area (Å²) in [5.41, 5.74) is 2.00. The van der Waals surface area contributed by atoms with Gasteiger partial charge in [-0.2, -0.15) is 5.26 Å². The normalized spacial score (nSPS) is 28.4. The first-order valence-corrected chi connectivity index (χ1v) is 5.13. The van der Waals surface area contributed by atoms with Gasteiger partial charge < -0.3 is 4.90 Å². The minimum Gasteiger partial charge on any atom is -0.368 e. The molecule has 0 aromatic heterocycles. The molecule has 1 saturated carbocycles. The van der Waals surface area contributed by atoms with Gasteiger partial charge in [0.05, 0.1) is 11.6 Å². The van der Waals surface area contributed by atoms with E-state index in [0.717, 1.165) is 17.5 Å². The number of benzene rings is 1. The lowest BCUT2D eigenvalue weighted by atomic mass is 9.86. The van der Waals surface area contributed by atoms with Crippen LogP contribution in [0, 0.1) is 17.2 Å². The topological polar surface area (TPSA) is 27.0 Å². The molecule has 3 aliphatic rings.